The lowest BCUT2D eigenvalue weighted by molar-refractivity contribution is -0.143. The predicted octanol–water partition coefficient (Wildman–Crippen LogP) is 5.21. The number of nitrogens with one attached hydrogen (secondary N) is 1. The molecule has 2 aromatic carbocycles. The van der Waals surface area contributed by atoms with Crippen LogP contribution in [0.5, 0.6) is 0 Å². The van der Waals surface area contributed by atoms with Crippen molar-refractivity contribution in [2.45, 2.75) is 25.2 Å². The molecule has 4 nitrogen and oxygen atoms in total. The Morgan fingerprint density at radius 3 is 1.73 bits per heavy atom. The third-order valence-corrected chi connectivity index (χ3v) is 4.63. The molecule has 3 rings (SSSR count). The first-order valence-corrected chi connectivity index (χ1v) is 8.95. The van der Waals surface area contributed by atoms with Crippen LogP contribution in [0.4, 0.5) is 32.0 Å². The van der Waals surface area contributed by atoms with E-state index in [4.69, 9.17) is 0 Å². The first-order valence-electron chi connectivity index (χ1n) is 8.95. The maximum atomic E-state index is 12.9. The van der Waals surface area contributed by atoms with Gasteiger partial charge in [-0.2, -0.15) is 26.3 Å². The highest BCUT2D eigenvalue weighted by Gasteiger charge is 2.37. The van der Waals surface area contributed by atoms with Crippen molar-refractivity contribution in [3.63, 3.8) is 0 Å². The van der Waals surface area contributed by atoms with Gasteiger partial charge in [0.15, 0.2) is 0 Å². The quantitative estimate of drug-likeness (QED) is 0.680. The minimum Gasteiger partial charge on any atom is -0.339 e. The van der Waals surface area contributed by atoms with Gasteiger partial charge in [-0.25, -0.2) is 0 Å². The van der Waals surface area contributed by atoms with Crippen molar-refractivity contribution in [1.29, 1.82) is 0 Å². The second-order valence-electron chi connectivity index (χ2n) is 6.83. The Kier molecular flexibility index (Phi) is 5.78. The lowest BCUT2D eigenvalue weighted by atomic mass is 10.0. The molecule has 1 aliphatic rings. The topological polar surface area (TPSA) is 49.4 Å². The molecule has 0 atom stereocenters. The molecule has 0 unspecified atom stereocenters. The summed E-state index contributed by atoms with van der Waals surface area (Å²) in [5, 5.41) is 2.25. The Morgan fingerprint density at radius 1 is 0.767 bits per heavy atom. The molecule has 2 amide bonds. The highest BCUT2D eigenvalue weighted by Crippen LogP contribution is 2.36. The molecule has 2 aromatic rings. The number of likely N-dealkylation sites (tertiary alicyclic amines) is 1. The lowest BCUT2D eigenvalue weighted by Gasteiger charge is -2.16. The van der Waals surface area contributed by atoms with E-state index >= 15 is 0 Å². The number of alkyl halides is 6. The molecule has 0 aromatic heterocycles. The molecular weight excluding hydrogens is 414 g/mol. The maximum absolute atomic E-state index is 12.9. The zero-order valence-electron chi connectivity index (χ0n) is 15.4. The molecule has 1 heterocycles. The molecule has 0 radical (unpaired) electrons. The van der Waals surface area contributed by atoms with Crippen LogP contribution in [0.15, 0.2) is 42.5 Å². The maximum Gasteiger partial charge on any atom is 0.416 e. The zero-order chi connectivity index (χ0) is 22.1. The minimum atomic E-state index is -5.05. The van der Waals surface area contributed by atoms with Gasteiger partial charge in [0, 0.05) is 29.9 Å². The number of carbonyl (C=O) groups excluding carboxylic acids is 2. The van der Waals surface area contributed by atoms with Crippen LogP contribution >= 0.6 is 0 Å². The number of hydrogen-bond donors (Lipinski definition) is 1. The van der Waals surface area contributed by atoms with Gasteiger partial charge in [0.2, 0.25) is 0 Å². The van der Waals surface area contributed by atoms with Gasteiger partial charge < -0.3 is 10.2 Å². The number of amides is 2. The normalized spacial score (nSPS) is 14.7. The van der Waals surface area contributed by atoms with Crippen molar-refractivity contribution in [2.75, 3.05) is 18.4 Å². The molecule has 1 N–H and O–H groups in total. The highest BCUT2D eigenvalue weighted by atomic mass is 19.4. The van der Waals surface area contributed by atoms with Crippen LogP contribution in [-0.4, -0.2) is 29.8 Å². The first kappa shape index (κ1) is 21.7. The summed E-state index contributed by atoms with van der Waals surface area (Å²) in [6.07, 6.45) is -8.27. The van der Waals surface area contributed by atoms with E-state index in [0.717, 1.165) is 12.8 Å². The van der Waals surface area contributed by atoms with Crippen molar-refractivity contribution in [3.05, 3.63) is 64.7 Å². The van der Waals surface area contributed by atoms with Gasteiger partial charge in [0.05, 0.1) is 11.1 Å². The van der Waals surface area contributed by atoms with Gasteiger partial charge in [-0.1, -0.05) is 0 Å². The van der Waals surface area contributed by atoms with Crippen molar-refractivity contribution in [1.82, 2.24) is 4.90 Å². The summed E-state index contributed by atoms with van der Waals surface area (Å²) in [5.41, 5.74) is -3.44. The number of hydrogen-bond acceptors (Lipinski definition) is 2. The highest BCUT2D eigenvalue weighted by molar-refractivity contribution is 6.05. The monoisotopic (exact) mass is 430 g/mol. The van der Waals surface area contributed by atoms with Crippen LogP contribution in [0.25, 0.3) is 0 Å². The van der Waals surface area contributed by atoms with Gasteiger partial charge in [-0.05, 0) is 55.3 Å². The molecule has 0 spiro atoms. The molecule has 30 heavy (non-hydrogen) atoms. The number of benzene rings is 2. The molecule has 0 aliphatic carbocycles. The summed E-state index contributed by atoms with van der Waals surface area (Å²) in [7, 11) is 0. The van der Waals surface area contributed by atoms with Crippen LogP contribution in [0.2, 0.25) is 0 Å². The number of carbonyl (C=O) groups is 2. The fourth-order valence-electron chi connectivity index (χ4n) is 3.09. The smallest absolute Gasteiger partial charge is 0.339 e. The zero-order valence-corrected chi connectivity index (χ0v) is 15.4. The molecule has 1 fully saturated rings. The summed E-state index contributed by atoms with van der Waals surface area (Å²) in [4.78, 5) is 26.2. The third kappa shape index (κ3) is 4.92. The summed E-state index contributed by atoms with van der Waals surface area (Å²) in [5.74, 6) is -1.32. The average Bonchev–Trinajstić information content (AvgIpc) is 3.21. The van der Waals surface area contributed by atoms with Crippen LogP contribution in [0.3, 0.4) is 0 Å². The molecular formula is C20H16F6N2O2. The van der Waals surface area contributed by atoms with E-state index in [1.54, 1.807) is 4.90 Å². The predicted molar refractivity (Wildman–Crippen MR) is 96.0 cm³/mol. The van der Waals surface area contributed by atoms with Gasteiger partial charge in [-0.15, -0.1) is 0 Å². The number of halogens is 6. The SMILES string of the molecule is O=C(Nc1ccc(C(=O)N2CCCC2)cc1)c1cc(C(F)(F)F)cc(C(F)(F)F)c1. The van der Waals surface area contributed by atoms with Crippen LogP contribution in [-0.2, 0) is 12.4 Å². The van der Waals surface area contributed by atoms with E-state index in [0.29, 0.717) is 30.8 Å². The summed E-state index contributed by atoms with van der Waals surface area (Å²) < 4.78 is 77.6. The Hall–Kier alpha value is -3.04. The third-order valence-electron chi connectivity index (χ3n) is 4.63. The Bertz CT molecular complexity index is 913. The fraction of sp³-hybridized carbons (Fsp3) is 0.300. The standard InChI is InChI=1S/C20H16F6N2O2/c21-19(22,23)14-9-13(10-15(11-14)20(24,25)26)17(29)27-16-5-3-12(4-6-16)18(30)28-7-1-2-8-28/h3-6,9-11H,1-2,7-8H2,(H,27,29). The van der Waals surface area contributed by atoms with Gasteiger partial charge in [0.25, 0.3) is 11.8 Å². The van der Waals surface area contributed by atoms with E-state index < -0.39 is 35.0 Å². The minimum absolute atomic E-state index is 0.0461. The summed E-state index contributed by atoms with van der Waals surface area (Å²) in [6, 6.07) is 6.26. The Morgan fingerprint density at radius 2 is 1.27 bits per heavy atom. The molecule has 10 heteroatoms. The van der Waals surface area contributed by atoms with Crippen molar-refractivity contribution >= 4 is 17.5 Å². The van der Waals surface area contributed by atoms with Gasteiger partial charge >= 0.3 is 12.4 Å². The number of anilines is 1. The summed E-state index contributed by atoms with van der Waals surface area (Å²) in [6.45, 7) is 1.29. The molecule has 0 saturated carbocycles. The average molecular weight is 430 g/mol. The lowest BCUT2D eigenvalue weighted by Crippen LogP contribution is -2.27. The van der Waals surface area contributed by atoms with E-state index in [1.807, 2.05) is 0 Å². The fourth-order valence-corrected chi connectivity index (χ4v) is 3.09. The molecule has 0 bridgehead atoms. The van der Waals surface area contributed by atoms with Crippen molar-refractivity contribution < 1.29 is 35.9 Å². The van der Waals surface area contributed by atoms with E-state index in [9.17, 15) is 35.9 Å². The molecule has 160 valence electrons. The molecule has 1 aliphatic heterocycles. The van der Waals surface area contributed by atoms with Crippen molar-refractivity contribution in [2.24, 2.45) is 0 Å². The molecule has 1 saturated heterocycles. The Balaban J connectivity index is 1.80. The number of rotatable bonds is 3. The second-order valence-corrected chi connectivity index (χ2v) is 6.83. The van der Waals surface area contributed by atoms with E-state index in [2.05, 4.69) is 5.32 Å². The number of nitrogens with zero attached hydrogens (tertiary/aromatic N) is 1. The second kappa shape index (κ2) is 8.00. The Labute approximate surface area is 167 Å². The largest absolute Gasteiger partial charge is 0.416 e. The van der Waals surface area contributed by atoms with Crippen LogP contribution in [0, 0.1) is 0 Å². The summed E-state index contributed by atoms with van der Waals surface area (Å²) >= 11 is 0. The van der Waals surface area contributed by atoms with Gasteiger partial charge in [-0.3, -0.25) is 9.59 Å². The van der Waals surface area contributed by atoms with Crippen molar-refractivity contribution in [3.8, 4) is 0 Å². The van der Waals surface area contributed by atoms with Crippen LogP contribution in [0.1, 0.15) is 44.7 Å². The van der Waals surface area contributed by atoms with E-state index in [1.165, 1.54) is 24.3 Å². The van der Waals surface area contributed by atoms with E-state index in [-0.39, 0.29) is 17.7 Å². The van der Waals surface area contributed by atoms with Gasteiger partial charge in [0.1, 0.15) is 0 Å². The van der Waals surface area contributed by atoms with Crippen LogP contribution < -0.4 is 5.32 Å². The first-order chi connectivity index (χ1) is 13.9.